The van der Waals surface area contributed by atoms with E-state index >= 15 is 0 Å². The highest BCUT2D eigenvalue weighted by molar-refractivity contribution is 7.14. The van der Waals surface area contributed by atoms with Gasteiger partial charge in [-0.1, -0.05) is 0 Å². The maximum atomic E-state index is 11.9. The standard InChI is InChI=1S/C18H21NO3S2/c1-12-9-10-23-17(12)11-19-18(22)8-5-14(20)4-6-15(21)16-7-3-13(2)24-16/h3,7,9-10H,4-6,8,11H2,1-2H3,(H,19,22). The fraction of sp³-hybridized carbons (Fsp3) is 0.389. The number of Topliss-reactive ketones (excluding diaryl/α,β-unsaturated/α-hetero) is 2. The van der Waals surface area contributed by atoms with Crippen molar-refractivity contribution in [3.05, 3.63) is 43.8 Å². The Kier molecular flexibility index (Phi) is 6.87. The van der Waals surface area contributed by atoms with Crippen LogP contribution in [0.4, 0.5) is 0 Å². The Labute approximate surface area is 149 Å². The van der Waals surface area contributed by atoms with E-state index in [0.717, 1.165) is 9.75 Å². The summed E-state index contributed by atoms with van der Waals surface area (Å²) >= 11 is 3.06. The number of hydrogen-bond donors (Lipinski definition) is 1. The predicted molar refractivity (Wildman–Crippen MR) is 97.8 cm³/mol. The Balaban J connectivity index is 1.64. The SMILES string of the molecule is Cc1ccc(C(=O)CCC(=O)CCC(=O)NCc2sccc2C)s1. The van der Waals surface area contributed by atoms with Gasteiger partial charge in [0.15, 0.2) is 5.78 Å². The minimum absolute atomic E-state index is 0.000859. The molecule has 0 aliphatic rings. The number of nitrogens with one attached hydrogen (secondary N) is 1. The molecule has 1 amide bonds. The molecule has 0 aromatic carbocycles. The van der Waals surface area contributed by atoms with Crippen LogP contribution in [0.3, 0.4) is 0 Å². The number of thiophene rings is 2. The number of carbonyl (C=O) groups excluding carboxylic acids is 3. The lowest BCUT2D eigenvalue weighted by molar-refractivity contribution is -0.125. The summed E-state index contributed by atoms with van der Waals surface area (Å²) in [6.07, 6.45) is 0.781. The van der Waals surface area contributed by atoms with Crippen LogP contribution in [0.2, 0.25) is 0 Å². The van der Waals surface area contributed by atoms with E-state index in [-0.39, 0.29) is 43.2 Å². The molecule has 2 aromatic rings. The van der Waals surface area contributed by atoms with Gasteiger partial charge in [-0.25, -0.2) is 0 Å². The molecule has 0 saturated carbocycles. The Bertz CT molecular complexity index is 730. The highest BCUT2D eigenvalue weighted by Gasteiger charge is 2.12. The summed E-state index contributed by atoms with van der Waals surface area (Å²) in [6, 6.07) is 5.72. The number of hydrogen-bond acceptors (Lipinski definition) is 5. The summed E-state index contributed by atoms with van der Waals surface area (Å²) in [6.45, 7) is 4.46. The Morgan fingerprint density at radius 2 is 1.75 bits per heavy atom. The first-order valence-electron chi connectivity index (χ1n) is 7.86. The normalized spacial score (nSPS) is 10.6. The van der Waals surface area contributed by atoms with Crippen molar-refractivity contribution >= 4 is 40.1 Å². The summed E-state index contributed by atoms with van der Waals surface area (Å²) in [5.74, 6) is -0.172. The van der Waals surface area contributed by atoms with Gasteiger partial charge in [-0.05, 0) is 43.0 Å². The van der Waals surface area contributed by atoms with Gasteiger partial charge in [-0.15, -0.1) is 22.7 Å². The van der Waals surface area contributed by atoms with E-state index < -0.39 is 0 Å². The van der Waals surface area contributed by atoms with Crippen molar-refractivity contribution in [3.8, 4) is 0 Å². The van der Waals surface area contributed by atoms with Crippen LogP contribution in [0.15, 0.2) is 23.6 Å². The summed E-state index contributed by atoms with van der Waals surface area (Å²) in [7, 11) is 0. The van der Waals surface area contributed by atoms with Gasteiger partial charge in [0.05, 0.1) is 11.4 Å². The maximum absolute atomic E-state index is 11.9. The van der Waals surface area contributed by atoms with E-state index in [4.69, 9.17) is 0 Å². The molecule has 6 heteroatoms. The summed E-state index contributed by atoms with van der Waals surface area (Å²) in [5, 5.41) is 4.82. The van der Waals surface area contributed by atoms with Crippen LogP contribution in [-0.2, 0) is 16.1 Å². The molecule has 2 heterocycles. The largest absolute Gasteiger partial charge is 0.351 e. The molecule has 0 atom stereocenters. The monoisotopic (exact) mass is 363 g/mol. The van der Waals surface area contributed by atoms with Crippen molar-refractivity contribution < 1.29 is 14.4 Å². The van der Waals surface area contributed by atoms with Crippen molar-refractivity contribution in [3.63, 3.8) is 0 Å². The first kappa shape index (κ1) is 18.5. The Hall–Kier alpha value is -1.79. The minimum Gasteiger partial charge on any atom is -0.351 e. The molecule has 0 fully saturated rings. The Morgan fingerprint density at radius 3 is 2.38 bits per heavy atom. The van der Waals surface area contributed by atoms with E-state index in [2.05, 4.69) is 5.32 Å². The lowest BCUT2D eigenvalue weighted by Gasteiger charge is -2.04. The van der Waals surface area contributed by atoms with E-state index in [0.29, 0.717) is 11.4 Å². The highest BCUT2D eigenvalue weighted by atomic mass is 32.1. The molecular weight excluding hydrogens is 342 g/mol. The summed E-state index contributed by atoms with van der Waals surface area (Å²) < 4.78 is 0. The van der Waals surface area contributed by atoms with E-state index in [1.807, 2.05) is 31.4 Å². The zero-order valence-electron chi connectivity index (χ0n) is 13.9. The van der Waals surface area contributed by atoms with Crippen LogP contribution >= 0.6 is 22.7 Å². The molecule has 1 N–H and O–H groups in total. The average molecular weight is 364 g/mol. The third-order valence-corrected chi connectivity index (χ3v) is 5.76. The number of amides is 1. The molecule has 24 heavy (non-hydrogen) atoms. The fourth-order valence-electron chi connectivity index (χ4n) is 2.19. The van der Waals surface area contributed by atoms with Gasteiger partial charge in [-0.2, -0.15) is 0 Å². The van der Waals surface area contributed by atoms with Crippen LogP contribution in [0, 0.1) is 13.8 Å². The third kappa shape index (κ3) is 5.69. The van der Waals surface area contributed by atoms with Crippen LogP contribution in [0.5, 0.6) is 0 Å². The minimum atomic E-state index is -0.128. The molecule has 0 spiro atoms. The third-order valence-electron chi connectivity index (χ3n) is 3.69. The fourth-order valence-corrected chi connectivity index (χ4v) is 3.87. The first-order chi connectivity index (χ1) is 11.5. The molecule has 128 valence electrons. The first-order valence-corrected chi connectivity index (χ1v) is 9.56. The summed E-state index contributed by atoms with van der Waals surface area (Å²) in [5.41, 5.74) is 1.17. The highest BCUT2D eigenvalue weighted by Crippen LogP contribution is 2.18. The molecule has 0 bridgehead atoms. The van der Waals surface area contributed by atoms with Gasteiger partial charge in [0.25, 0.3) is 0 Å². The van der Waals surface area contributed by atoms with E-state index in [9.17, 15) is 14.4 Å². The molecule has 2 rings (SSSR count). The van der Waals surface area contributed by atoms with Gasteiger partial charge >= 0.3 is 0 Å². The molecule has 0 aliphatic carbocycles. The van der Waals surface area contributed by atoms with E-state index in [1.54, 1.807) is 17.4 Å². The second kappa shape index (κ2) is 8.89. The zero-order valence-corrected chi connectivity index (χ0v) is 15.5. The molecule has 2 aromatic heterocycles. The van der Waals surface area contributed by atoms with Crippen molar-refractivity contribution in [1.82, 2.24) is 5.32 Å². The second-order valence-corrected chi connectivity index (χ2v) is 7.96. The van der Waals surface area contributed by atoms with Gasteiger partial charge in [0.1, 0.15) is 5.78 Å². The zero-order chi connectivity index (χ0) is 17.5. The van der Waals surface area contributed by atoms with Crippen molar-refractivity contribution in [2.75, 3.05) is 0 Å². The van der Waals surface area contributed by atoms with Gasteiger partial charge in [0, 0.05) is 35.4 Å². The van der Waals surface area contributed by atoms with Gasteiger partial charge < -0.3 is 5.32 Å². The number of aryl methyl sites for hydroxylation is 2. The van der Waals surface area contributed by atoms with Crippen LogP contribution in [-0.4, -0.2) is 17.5 Å². The van der Waals surface area contributed by atoms with Crippen LogP contribution < -0.4 is 5.32 Å². The predicted octanol–water partition coefficient (Wildman–Crippen LogP) is 4.06. The van der Waals surface area contributed by atoms with E-state index in [1.165, 1.54) is 16.9 Å². The average Bonchev–Trinajstić information content (AvgIpc) is 3.17. The molecule has 0 aliphatic heterocycles. The smallest absolute Gasteiger partial charge is 0.220 e. The lowest BCUT2D eigenvalue weighted by Crippen LogP contribution is -2.23. The number of ketones is 2. The molecule has 4 nitrogen and oxygen atoms in total. The quantitative estimate of drug-likeness (QED) is 0.684. The van der Waals surface area contributed by atoms with Gasteiger partial charge in [-0.3, -0.25) is 14.4 Å². The topological polar surface area (TPSA) is 63.2 Å². The molecule has 0 unspecified atom stereocenters. The maximum Gasteiger partial charge on any atom is 0.220 e. The van der Waals surface area contributed by atoms with Crippen molar-refractivity contribution in [2.45, 2.75) is 46.1 Å². The van der Waals surface area contributed by atoms with Crippen molar-refractivity contribution in [1.29, 1.82) is 0 Å². The number of carbonyl (C=O) groups is 3. The molecule has 0 saturated heterocycles. The summed E-state index contributed by atoms with van der Waals surface area (Å²) in [4.78, 5) is 38.5. The van der Waals surface area contributed by atoms with Gasteiger partial charge in [0.2, 0.25) is 5.91 Å². The Morgan fingerprint density at radius 1 is 1.00 bits per heavy atom. The molecule has 0 radical (unpaired) electrons. The second-order valence-electron chi connectivity index (χ2n) is 5.68. The van der Waals surface area contributed by atoms with Crippen LogP contribution in [0.1, 0.15) is 50.7 Å². The lowest BCUT2D eigenvalue weighted by atomic mass is 10.1. The number of rotatable bonds is 9. The van der Waals surface area contributed by atoms with Crippen molar-refractivity contribution in [2.24, 2.45) is 0 Å². The molecular formula is C18H21NO3S2. The van der Waals surface area contributed by atoms with Crippen LogP contribution in [0.25, 0.3) is 0 Å².